The summed E-state index contributed by atoms with van der Waals surface area (Å²) in [4.78, 5) is 26.4. The summed E-state index contributed by atoms with van der Waals surface area (Å²) in [6.45, 7) is 3.91. The van der Waals surface area contributed by atoms with Crippen molar-refractivity contribution in [2.24, 2.45) is 5.92 Å². The van der Waals surface area contributed by atoms with Gasteiger partial charge in [-0.15, -0.1) is 0 Å². The fourth-order valence-corrected chi connectivity index (χ4v) is 4.07. The second-order valence-electron chi connectivity index (χ2n) is 7.72. The van der Waals surface area contributed by atoms with Gasteiger partial charge in [0.25, 0.3) is 5.91 Å². The lowest BCUT2D eigenvalue weighted by atomic mass is 9.80. The van der Waals surface area contributed by atoms with E-state index in [1.165, 1.54) is 11.8 Å². The minimum absolute atomic E-state index is 0.0600. The molecule has 0 fully saturated rings. The summed E-state index contributed by atoms with van der Waals surface area (Å²) in [6.07, 6.45) is 4.32. The molecule has 3 rings (SSSR count). The molecule has 1 aliphatic rings. The molecule has 7 nitrogen and oxygen atoms in total. The van der Waals surface area contributed by atoms with Crippen LogP contribution in [-0.2, 0) is 14.3 Å². The molecule has 2 aromatic rings. The van der Waals surface area contributed by atoms with Gasteiger partial charge in [0.05, 0.1) is 5.52 Å². The van der Waals surface area contributed by atoms with Crippen molar-refractivity contribution in [1.82, 2.24) is 9.47 Å². The highest BCUT2D eigenvalue weighted by atomic mass is 16.7. The molecule has 1 aromatic heterocycles. The first kappa shape index (κ1) is 22.1. The van der Waals surface area contributed by atoms with E-state index < -0.39 is 6.29 Å². The Morgan fingerprint density at radius 3 is 2.63 bits per heavy atom. The van der Waals surface area contributed by atoms with E-state index in [9.17, 15) is 14.7 Å². The number of benzene rings is 1. The number of allylic oxidation sites excluding steroid dienone is 1. The number of hydrogen-bond donors (Lipinski definition) is 1. The SMILES string of the molecule is CCO[C@H]1OC(C(=O)N(C)C)=C[C@@H](c2cn(C(C)=O)c3ccccc23)[C@H]1CCCO. The Labute approximate surface area is 176 Å². The van der Waals surface area contributed by atoms with Gasteiger partial charge in [0.1, 0.15) is 0 Å². The lowest BCUT2D eigenvalue weighted by Crippen LogP contribution is -2.38. The monoisotopic (exact) mass is 414 g/mol. The van der Waals surface area contributed by atoms with Crippen molar-refractivity contribution in [1.29, 1.82) is 0 Å². The molecule has 30 heavy (non-hydrogen) atoms. The number of ether oxygens (including phenoxy) is 2. The summed E-state index contributed by atoms with van der Waals surface area (Å²) in [7, 11) is 3.35. The summed E-state index contributed by atoms with van der Waals surface area (Å²) in [5.74, 6) is -0.386. The van der Waals surface area contributed by atoms with E-state index in [0.717, 1.165) is 16.5 Å². The van der Waals surface area contributed by atoms with Gasteiger partial charge in [0.15, 0.2) is 5.76 Å². The smallest absolute Gasteiger partial charge is 0.288 e. The van der Waals surface area contributed by atoms with Crippen LogP contribution < -0.4 is 0 Å². The Bertz CT molecular complexity index is 946. The third-order valence-corrected chi connectivity index (χ3v) is 5.47. The fourth-order valence-electron chi connectivity index (χ4n) is 4.07. The van der Waals surface area contributed by atoms with Crippen molar-refractivity contribution in [3.8, 4) is 0 Å². The Kier molecular flexibility index (Phi) is 6.95. The predicted molar refractivity (Wildman–Crippen MR) is 114 cm³/mol. The van der Waals surface area contributed by atoms with Gasteiger partial charge in [-0.05, 0) is 37.5 Å². The van der Waals surface area contributed by atoms with Gasteiger partial charge in [-0.1, -0.05) is 18.2 Å². The summed E-state index contributed by atoms with van der Waals surface area (Å²) in [6, 6.07) is 7.74. The highest BCUT2D eigenvalue weighted by Crippen LogP contribution is 2.42. The molecular formula is C23H30N2O5. The number of hydrogen-bond acceptors (Lipinski definition) is 5. The molecule has 0 saturated carbocycles. The van der Waals surface area contributed by atoms with E-state index in [4.69, 9.17) is 9.47 Å². The third kappa shape index (κ3) is 4.27. The molecule has 1 N–H and O–H groups in total. The number of carbonyl (C=O) groups is 2. The molecule has 162 valence electrons. The highest BCUT2D eigenvalue weighted by Gasteiger charge is 2.39. The Balaban J connectivity index is 2.18. The molecule has 0 saturated heterocycles. The van der Waals surface area contributed by atoms with Gasteiger partial charge in [-0.3, -0.25) is 14.2 Å². The maximum atomic E-state index is 12.7. The number of nitrogens with zero attached hydrogens (tertiary/aromatic N) is 2. The van der Waals surface area contributed by atoms with E-state index in [-0.39, 0.29) is 36.0 Å². The van der Waals surface area contributed by atoms with E-state index >= 15 is 0 Å². The van der Waals surface area contributed by atoms with Crippen molar-refractivity contribution >= 4 is 22.7 Å². The van der Waals surface area contributed by atoms with E-state index in [1.807, 2.05) is 43.5 Å². The largest absolute Gasteiger partial charge is 0.459 e. The van der Waals surface area contributed by atoms with Gasteiger partial charge < -0.3 is 19.5 Å². The van der Waals surface area contributed by atoms with Gasteiger partial charge in [0, 0.05) is 57.7 Å². The zero-order valence-electron chi connectivity index (χ0n) is 18.0. The van der Waals surface area contributed by atoms with Crippen molar-refractivity contribution in [2.75, 3.05) is 27.3 Å². The van der Waals surface area contributed by atoms with Crippen LogP contribution in [0.5, 0.6) is 0 Å². The highest BCUT2D eigenvalue weighted by molar-refractivity contribution is 5.95. The van der Waals surface area contributed by atoms with Crippen LogP contribution in [0.25, 0.3) is 10.9 Å². The van der Waals surface area contributed by atoms with Crippen molar-refractivity contribution in [3.63, 3.8) is 0 Å². The minimum Gasteiger partial charge on any atom is -0.459 e. The van der Waals surface area contributed by atoms with Crippen molar-refractivity contribution in [2.45, 2.75) is 38.9 Å². The number of aliphatic hydroxyl groups excluding tert-OH is 1. The molecule has 1 amide bonds. The molecular weight excluding hydrogens is 384 g/mol. The van der Waals surface area contributed by atoms with Gasteiger partial charge in [0.2, 0.25) is 12.2 Å². The molecule has 0 spiro atoms. The zero-order valence-corrected chi connectivity index (χ0v) is 18.0. The first-order chi connectivity index (χ1) is 14.4. The molecule has 0 unspecified atom stereocenters. The quantitative estimate of drug-likeness (QED) is 0.753. The van der Waals surface area contributed by atoms with E-state index in [2.05, 4.69) is 0 Å². The van der Waals surface area contributed by atoms with E-state index in [0.29, 0.717) is 19.4 Å². The van der Waals surface area contributed by atoms with Crippen LogP contribution in [-0.4, -0.2) is 60.0 Å². The first-order valence-electron chi connectivity index (χ1n) is 10.3. The standard InChI is InChI=1S/C23H30N2O5/c1-5-29-23-17(10-8-12-26)18(13-21(30-23)22(28)24(3)4)19-14-25(15(2)27)20-11-7-6-9-16(19)20/h6-7,9,11,13-14,17-18,23,26H,5,8,10,12H2,1-4H3/t17-,18-,23+/m1/s1. The molecule has 3 atom stereocenters. The Hall–Kier alpha value is -2.64. The zero-order chi connectivity index (χ0) is 21.8. The van der Waals surface area contributed by atoms with Crippen LogP contribution in [0.1, 0.15) is 43.0 Å². The number of aliphatic hydroxyl groups is 1. The summed E-state index contributed by atoms with van der Waals surface area (Å²) in [5, 5.41) is 10.4. The fraction of sp³-hybridized carbons (Fsp3) is 0.478. The van der Waals surface area contributed by atoms with Crippen LogP contribution in [0.3, 0.4) is 0 Å². The molecule has 2 heterocycles. The lowest BCUT2D eigenvalue weighted by Gasteiger charge is -2.37. The molecule has 7 heteroatoms. The van der Waals surface area contributed by atoms with Crippen molar-refractivity contribution in [3.05, 3.63) is 47.9 Å². The minimum atomic E-state index is -0.616. The van der Waals surface area contributed by atoms with Crippen LogP contribution in [0.2, 0.25) is 0 Å². The Morgan fingerprint density at radius 2 is 2.00 bits per heavy atom. The average molecular weight is 415 g/mol. The van der Waals surface area contributed by atoms with Crippen molar-refractivity contribution < 1.29 is 24.2 Å². The number of fused-ring (bicyclic) bond motifs is 1. The third-order valence-electron chi connectivity index (χ3n) is 5.47. The number of rotatable bonds is 7. The summed E-state index contributed by atoms with van der Waals surface area (Å²) >= 11 is 0. The van der Waals surface area contributed by atoms with Gasteiger partial charge >= 0.3 is 0 Å². The first-order valence-corrected chi connectivity index (χ1v) is 10.3. The number of amides is 1. The normalized spacial score (nSPS) is 21.2. The number of likely N-dealkylation sites (N-methyl/N-ethyl adjacent to an activating group) is 1. The maximum absolute atomic E-state index is 12.7. The Morgan fingerprint density at radius 1 is 1.27 bits per heavy atom. The van der Waals surface area contributed by atoms with Crippen LogP contribution in [0.15, 0.2) is 42.3 Å². The summed E-state index contributed by atoms with van der Waals surface area (Å²) < 4.78 is 13.5. The average Bonchev–Trinajstić information content (AvgIpc) is 3.12. The van der Waals surface area contributed by atoms with Gasteiger partial charge in [-0.2, -0.15) is 0 Å². The van der Waals surface area contributed by atoms with E-state index in [1.54, 1.807) is 18.7 Å². The molecule has 0 aliphatic carbocycles. The number of para-hydroxylation sites is 1. The molecule has 0 radical (unpaired) electrons. The second-order valence-corrected chi connectivity index (χ2v) is 7.72. The number of aromatic nitrogens is 1. The summed E-state index contributed by atoms with van der Waals surface area (Å²) in [5.41, 5.74) is 1.77. The van der Waals surface area contributed by atoms with Crippen LogP contribution in [0.4, 0.5) is 0 Å². The lowest BCUT2D eigenvalue weighted by molar-refractivity contribution is -0.169. The second kappa shape index (κ2) is 9.45. The topological polar surface area (TPSA) is 81.0 Å². The molecule has 1 aliphatic heterocycles. The predicted octanol–water partition coefficient (Wildman–Crippen LogP) is 3.14. The van der Waals surface area contributed by atoms with Crippen LogP contribution >= 0.6 is 0 Å². The van der Waals surface area contributed by atoms with Gasteiger partial charge in [-0.25, -0.2) is 0 Å². The molecule has 1 aromatic carbocycles. The maximum Gasteiger partial charge on any atom is 0.288 e. The molecule has 0 bridgehead atoms. The number of carbonyl (C=O) groups excluding carboxylic acids is 2. The van der Waals surface area contributed by atoms with Crippen LogP contribution in [0, 0.1) is 5.92 Å².